The molecule has 106 valence electrons. The number of hydrogen-bond donors (Lipinski definition) is 1. The first-order valence-corrected chi connectivity index (χ1v) is 6.96. The van der Waals surface area contributed by atoms with E-state index in [4.69, 9.17) is 11.6 Å². The van der Waals surface area contributed by atoms with Crippen LogP contribution in [0.5, 0.6) is 0 Å². The third kappa shape index (κ3) is 3.03. The normalized spacial score (nSPS) is 12.1. The van der Waals surface area contributed by atoms with E-state index in [0.29, 0.717) is 0 Å². The summed E-state index contributed by atoms with van der Waals surface area (Å²) >= 11 is 5.92. The molecular formula is C15H14ClN5. The van der Waals surface area contributed by atoms with Crippen molar-refractivity contribution in [3.05, 3.63) is 65.4 Å². The van der Waals surface area contributed by atoms with Crippen LogP contribution >= 0.6 is 11.6 Å². The van der Waals surface area contributed by atoms with Gasteiger partial charge in [0.25, 0.3) is 0 Å². The average Bonchev–Trinajstić information content (AvgIpc) is 3.02. The first-order chi connectivity index (χ1) is 10.2. The zero-order valence-corrected chi connectivity index (χ0v) is 12.2. The Hall–Kier alpha value is -2.40. The maximum atomic E-state index is 5.92. The summed E-state index contributed by atoms with van der Waals surface area (Å²) in [4.78, 5) is 0. The quantitative estimate of drug-likeness (QED) is 0.801. The fourth-order valence-corrected chi connectivity index (χ4v) is 2.26. The van der Waals surface area contributed by atoms with E-state index in [1.807, 2.05) is 48.5 Å². The largest absolute Gasteiger partial charge is 0.377 e. The molecule has 0 radical (unpaired) electrons. The van der Waals surface area contributed by atoms with Crippen molar-refractivity contribution in [3.63, 3.8) is 0 Å². The fraction of sp³-hybridized carbons (Fsp3) is 0.133. The average molecular weight is 300 g/mol. The molecule has 3 rings (SSSR count). The van der Waals surface area contributed by atoms with Crippen molar-refractivity contribution in [1.82, 2.24) is 20.2 Å². The van der Waals surface area contributed by atoms with Crippen LogP contribution in [0.3, 0.4) is 0 Å². The van der Waals surface area contributed by atoms with Crippen LogP contribution < -0.4 is 5.32 Å². The summed E-state index contributed by atoms with van der Waals surface area (Å²) in [6.07, 6.45) is 1.58. The summed E-state index contributed by atoms with van der Waals surface area (Å²) in [7, 11) is 0. The first kappa shape index (κ1) is 13.6. The van der Waals surface area contributed by atoms with Gasteiger partial charge in [-0.05, 0) is 47.2 Å². The standard InChI is InChI=1S/C15H14ClN5/c1-11(12-6-8-13(16)9-7-12)18-14-4-2-3-5-15(14)21-10-17-19-20-21/h2-11,18H,1H3. The highest BCUT2D eigenvalue weighted by atomic mass is 35.5. The van der Waals surface area contributed by atoms with Crippen LogP contribution in [-0.4, -0.2) is 20.2 Å². The smallest absolute Gasteiger partial charge is 0.143 e. The van der Waals surface area contributed by atoms with Crippen LogP contribution in [-0.2, 0) is 0 Å². The Morgan fingerprint density at radius 2 is 1.86 bits per heavy atom. The topological polar surface area (TPSA) is 55.6 Å². The van der Waals surface area contributed by atoms with Gasteiger partial charge in [-0.25, -0.2) is 0 Å². The van der Waals surface area contributed by atoms with Gasteiger partial charge in [-0.1, -0.05) is 35.9 Å². The monoisotopic (exact) mass is 299 g/mol. The van der Waals surface area contributed by atoms with Crippen LogP contribution in [0.1, 0.15) is 18.5 Å². The predicted molar refractivity (Wildman–Crippen MR) is 82.6 cm³/mol. The molecule has 0 aliphatic carbocycles. The number of anilines is 1. The molecule has 21 heavy (non-hydrogen) atoms. The molecule has 1 N–H and O–H groups in total. The number of nitrogens with one attached hydrogen (secondary N) is 1. The molecule has 0 spiro atoms. The number of para-hydroxylation sites is 2. The predicted octanol–water partition coefficient (Wildman–Crippen LogP) is 3.49. The van der Waals surface area contributed by atoms with E-state index in [0.717, 1.165) is 22.0 Å². The van der Waals surface area contributed by atoms with Gasteiger partial charge < -0.3 is 5.32 Å². The lowest BCUT2D eigenvalue weighted by Crippen LogP contribution is -2.09. The van der Waals surface area contributed by atoms with Gasteiger partial charge in [0.15, 0.2) is 0 Å². The molecule has 1 heterocycles. The Labute approximate surface area is 127 Å². The first-order valence-electron chi connectivity index (χ1n) is 6.58. The van der Waals surface area contributed by atoms with Crippen LogP contribution in [0.15, 0.2) is 54.9 Å². The number of nitrogens with zero attached hydrogens (tertiary/aromatic N) is 4. The van der Waals surface area contributed by atoms with E-state index in [1.54, 1.807) is 11.0 Å². The number of aromatic nitrogens is 4. The molecule has 5 nitrogen and oxygen atoms in total. The van der Waals surface area contributed by atoms with Gasteiger partial charge in [-0.3, -0.25) is 0 Å². The van der Waals surface area contributed by atoms with Gasteiger partial charge in [-0.2, -0.15) is 4.68 Å². The summed E-state index contributed by atoms with van der Waals surface area (Å²) in [5.41, 5.74) is 3.03. The minimum absolute atomic E-state index is 0.139. The molecule has 1 atom stereocenters. The summed E-state index contributed by atoms with van der Waals surface area (Å²) in [5.74, 6) is 0. The Balaban J connectivity index is 1.86. The zero-order valence-electron chi connectivity index (χ0n) is 11.4. The summed E-state index contributed by atoms with van der Waals surface area (Å²) in [6.45, 7) is 2.10. The summed E-state index contributed by atoms with van der Waals surface area (Å²) in [5, 5.41) is 15.5. The molecule has 1 unspecified atom stereocenters. The maximum Gasteiger partial charge on any atom is 0.143 e. The van der Waals surface area contributed by atoms with Crippen molar-refractivity contribution in [3.8, 4) is 5.69 Å². The molecule has 0 saturated carbocycles. The molecule has 0 aliphatic rings. The zero-order chi connectivity index (χ0) is 14.7. The Morgan fingerprint density at radius 1 is 1.10 bits per heavy atom. The number of halogens is 1. The molecule has 0 bridgehead atoms. The number of rotatable bonds is 4. The SMILES string of the molecule is CC(Nc1ccccc1-n1cnnn1)c1ccc(Cl)cc1. The lowest BCUT2D eigenvalue weighted by atomic mass is 10.1. The van der Waals surface area contributed by atoms with E-state index in [-0.39, 0.29) is 6.04 Å². The number of tetrazole rings is 1. The molecule has 0 aliphatic heterocycles. The molecule has 0 saturated heterocycles. The van der Waals surface area contributed by atoms with Crippen LogP contribution in [0.25, 0.3) is 5.69 Å². The van der Waals surface area contributed by atoms with Gasteiger partial charge >= 0.3 is 0 Å². The Bertz CT molecular complexity index is 709. The van der Waals surface area contributed by atoms with Gasteiger partial charge in [0.2, 0.25) is 0 Å². The van der Waals surface area contributed by atoms with Crippen LogP contribution in [0.2, 0.25) is 5.02 Å². The maximum absolute atomic E-state index is 5.92. The third-order valence-corrected chi connectivity index (χ3v) is 3.49. The second-order valence-corrected chi connectivity index (χ2v) is 5.13. The highest BCUT2D eigenvalue weighted by molar-refractivity contribution is 6.30. The molecule has 0 fully saturated rings. The van der Waals surface area contributed by atoms with E-state index in [2.05, 4.69) is 27.8 Å². The van der Waals surface area contributed by atoms with E-state index >= 15 is 0 Å². The minimum atomic E-state index is 0.139. The molecule has 6 heteroatoms. The third-order valence-electron chi connectivity index (χ3n) is 3.24. The van der Waals surface area contributed by atoms with Gasteiger partial charge in [0.1, 0.15) is 6.33 Å². The highest BCUT2D eigenvalue weighted by Crippen LogP contribution is 2.25. The highest BCUT2D eigenvalue weighted by Gasteiger charge is 2.10. The van der Waals surface area contributed by atoms with Crippen LogP contribution in [0, 0.1) is 0 Å². The van der Waals surface area contributed by atoms with Crippen molar-refractivity contribution >= 4 is 17.3 Å². The fourth-order valence-electron chi connectivity index (χ4n) is 2.14. The van der Waals surface area contributed by atoms with Gasteiger partial charge in [-0.15, -0.1) is 5.10 Å². The lowest BCUT2D eigenvalue weighted by Gasteiger charge is -2.18. The second-order valence-electron chi connectivity index (χ2n) is 4.69. The van der Waals surface area contributed by atoms with Crippen molar-refractivity contribution in [2.45, 2.75) is 13.0 Å². The number of benzene rings is 2. The van der Waals surface area contributed by atoms with Gasteiger partial charge in [0.05, 0.1) is 11.4 Å². The summed E-state index contributed by atoms with van der Waals surface area (Å²) in [6, 6.07) is 15.8. The van der Waals surface area contributed by atoms with Crippen molar-refractivity contribution in [1.29, 1.82) is 0 Å². The second kappa shape index (κ2) is 5.93. The molecule has 1 aromatic heterocycles. The molecular weight excluding hydrogens is 286 g/mol. The van der Waals surface area contributed by atoms with E-state index < -0.39 is 0 Å². The van der Waals surface area contributed by atoms with Gasteiger partial charge in [0, 0.05) is 11.1 Å². The van der Waals surface area contributed by atoms with E-state index in [1.165, 1.54) is 0 Å². The lowest BCUT2D eigenvalue weighted by molar-refractivity contribution is 0.785. The van der Waals surface area contributed by atoms with E-state index in [9.17, 15) is 0 Å². The van der Waals surface area contributed by atoms with Crippen molar-refractivity contribution in [2.75, 3.05) is 5.32 Å². The van der Waals surface area contributed by atoms with Crippen molar-refractivity contribution in [2.24, 2.45) is 0 Å². The Kier molecular flexibility index (Phi) is 3.83. The van der Waals surface area contributed by atoms with Crippen molar-refractivity contribution < 1.29 is 0 Å². The molecule has 0 amide bonds. The minimum Gasteiger partial charge on any atom is -0.377 e. The Morgan fingerprint density at radius 3 is 2.57 bits per heavy atom. The summed E-state index contributed by atoms with van der Waals surface area (Å²) < 4.78 is 1.64. The molecule has 3 aromatic rings. The number of hydrogen-bond acceptors (Lipinski definition) is 4. The molecule has 2 aromatic carbocycles. The van der Waals surface area contributed by atoms with Crippen LogP contribution in [0.4, 0.5) is 5.69 Å².